The fourth-order valence-electron chi connectivity index (χ4n) is 2.87. The lowest BCUT2D eigenvalue weighted by Gasteiger charge is -2.40. The maximum atomic E-state index is 12.7. The van der Waals surface area contributed by atoms with E-state index in [9.17, 15) is 9.59 Å². The van der Waals surface area contributed by atoms with E-state index in [1.54, 1.807) is 24.3 Å². The van der Waals surface area contributed by atoms with Crippen molar-refractivity contribution in [2.45, 2.75) is 13.8 Å². The monoisotopic (exact) mass is 238 g/mol. The molecule has 0 heterocycles. The Labute approximate surface area is 106 Å². The van der Waals surface area contributed by atoms with Gasteiger partial charge in [0, 0.05) is 16.7 Å². The Kier molecular flexibility index (Phi) is 2.18. The summed E-state index contributed by atoms with van der Waals surface area (Å²) >= 11 is 0. The quantitative estimate of drug-likeness (QED) is 0.695. The van der Waals surface area contributed by atoms with Crippen LogP contribution in [0.5, 0.6) is 0 Å². The third-order valence-electron chi connectivity index (χ3n) is 4.27. The van der Waals surface area contributed by atoms with Crippen molar-refractivity contribution in [3.63, 3.8) is 0 Å². The van der Waals surface area contributed by atoms with Gasteiger partial charge in [0.25, 0.3) is 0 Å². The third-order valence-corrected chi connectivity index (χ3v) is 4.27. The number of allylic oxidation sites excluding steroid dienone is 4. The van der Waals surface area contributed by atoms with E-state index in [0.717, 1.165) is 0 Å². The van der Waals surface area contributed by atoms with Gasteiger partial charge in [-0.15, -0.1) is 0 Å². The minimum atomic E-state index is -0.708. The van der Waals surface area contributed by atoms with Crippen LogP contribution in [0.4, 0.5) is 0 Å². The van der Waals surface area contributed by atoms with Gasteiger partial charge in [-0.3, -0.25) is 9.59 Å². The van der Waals surface area contributed by atoms with Gasteiger partial charge in [-0.05, 0) is 12.8 Å². The minimum absolute atomic E-state index is 0.0103. The summed E-state index contributed by atoms with van der Waals surface area (Å²) in [6.07, 6.45) is 5.65. The predicted octanol–water partition coefficient (Wildman–Crippen LogP) is 3.20. The van der Waals surface area contributed by atoms with E-state index in [1.165, 1.54) is 0 Å². The van der Waals surface area contributed by atoms with Crippen LogP contribution in [0.3, 0.4) is 0 Å². The van der Waals surface area contributed by atoms with E-state index >= 15 is 0 Å². The average Bonchev–Trinajstić information content (AvgIpc) is 2.39. The molecule has 2 aliphatic rings. The van der Waals surface area contributed by atoms with Crippen LogP contribution in [0.25, 0.3) is 0 Å². The number of hydrogen-bond donors (Lipinski definition) is 0. The summed E-state index contributed by atoms with van der Waals surface area (Å²) in [5.41, 5.74) is 1.01. The van der Waals surface area contributed by atoms with Gasteiger partial charge in [0.1, 0.15) is 0 Å². The van der Waals surface area contributed by atoms with Crippen LogP contribution in [-0.2, 0) is 0 Å². The molecule has 1 aromatic rings. The Morgan fingerprint density at radius 2 is 1.78 bits per heavy atom. The zero-order chi connectivity index (χ0) is 12.9. The summed E-state index contributed by atoms with van der Waals surface area (Å²) in [7, 11) is 0. The second-order valence-electron chi connectivity index (χ2n) is 5.16. The van der Waals surface area contributed by atoms with Crippen LogP contribution < -0.4 is 0 Å². The fraction of sp³-hybridized carbons (Fsp3) is 0.250. The van der Waals surface area contributed by atoms with Gasteiger partial charge in [0.2, 0.25) is 0 Å². The third kappa shape index (κ3) is 1.18. The molecule has 0 N–H and O–H groups in total. The molecule has 0 unspecified atom stereocenters. The zero-order valence-corrected chi connectivity index (χ0v) is 10.4. The van der Waals surface area contributed by atoms with Gasteiger partial charge in [0.15, 0.2) is 11.6 Å². The van der Waals surface area contributed by atoms with E-state index in [1.807, 2.05) is 32.1 Å². The number of carbonyl (C=O) groups excluding carboxylic acids is 2. The van der Waals surface area contributed by atoms with E-state index in [4.69, 9.17) is 0 Å². The highest BCUT2D eigenvalue weighted by Gasteiger charge is 2.49. The minimum Gasteiger partial charge on any atom is -0.293 e. The number of fused-ring (bicyclic) bond motifs is 2. The molecular weight excluding hydrogens is 224 g/mol. The molecule has 0 saturated heterocycles. The molecule has 0 aromatic heterocycles. The van der Waals surface area contributed by atoms with Crippen molar-refractivity contribution in [3.05, 3.63) is 59.2 Å². The molecule has 2 heteroatoms. The molecule has 0 aliphatic heterocycles. The summed E-state index contributed by atoms with van der Waals surface area (Å²) in [6.45, 7) is 3.87. The Morgan fingerprint density at radius 1 is 1.11 bits per heavy atom. The molecule has 0 amide bonds. The molecule has 0 saturated carbocycles. The van der Waals surface area contributed by atoms with Crippen molar-refractivity contribution in [1.82, 2.24) is 0 Å². The lowest BCUT2D eigenvalue weighted by atomic mass is 9.60. The normalized spacial score (nSPS) is 29.7. The van der Waals surface area contributed by atoms with Crippen molar-refractivity contribution in [1.29, 1.82) is 0 Å². The molecule has 0 radical (unpaired) electrons. The van der Waals surface area contributed by atoms with Crippen LogP contribution in [0, 0.1) is 11.3 Å². The highest BCUT2D eigenvalue weighted by molar-refractivity contribution is 6.25. The van der Waals surface area contributed by atoms with Crippen LogP contribution >= 0.6 is 0 Å². The van der Waals surface area contributed by atoms with Gasteiger partial charge in [-0.25, -0.2) is 0 Å². The Morgan fingerprint density at radius 3 is 2.50 bits per heavy atom. The average molecular weight is 238 g/mol. The van der Waals surface area contributed by atoms with Crippen LogP contribution in [-0.4, -0.2) is 11.6 Å². The highest BCUT2D eigenvalue weighted by Crippen LogP contribution is 2.46. The van der Waals surface area contributed by atoms with Gasteiger partial charge < -0.3 is 0 Å². The second kappa shape index (κ2) is 3.52. The van der Waals surface area contributed by atoms with Crippen molar-refractivity contribution in [2.75, 3.05) is 0 Å². The molecule has 2 nitrogen and oxygen atoms in total. The van der Waals surface area contributed by atoms with E-state index in [2.05, 4.69) is 0 Å². The first-order chi connectivity index (χ1) is 8.56. The molecular formula is C16H14O2. The standard InChI is InChI=1S/C16H14O2/c1-10-6-5-9-13-14(17)11-7-3-4-8-12(11)15(18)16(10,13)2/h3-10H,1-2H3/t10-,16-/m1/s1. The number of rotatable bonds is 0. The van der Waals surface area contributed by atoms with Gasteiger partial charge in [0.05, 0.1) is 5.41 Å². The Bertz CT molecular complexity index is 622. The second-order valence-corrected chi connectivity index (χ2v) is 5.16. The zero-order valence-electron chi connectivity index (χ0n) is 10.4. The first-order valence-corrected chi connectivity index (χ1v) is 6.14. The predicted molar refractivity (Wildman–Crippen MR) is 69.6 cm³/mol. The molecule has 0 bridgehead atoms. The lowest BCUT2D eigenvalue weighted by molar-refractivity contribution is 0.0755. The first-order valence-electron chi connectivity index (χ1n) is 6.14. The fourth-order valence-corrected chi connectivity index (χ4v) is 2.87. The summed E-state index contributed by atoms with van der Waals surface area (Å²) < 4.78 is 0. The van der Waals surface area contributed by atoms with Crippen molar-refractivity contribution >= 4 is 11.6 Å². The molecule has 0 spiro atoms. The molecule has 0 fully saturated rings. The van der Waals surface area contributed by atoms with E-state index < -0.39 is 5.41 Å². The molecule has 90 valence electrons. The van der Waals surface area contributed by atoms with Crippen molar-refractivity contribution < 1.29 is 9.59 Å². The Hall–Kier alpha value is -1.96. The highest BCUT2D eigenvalue weighted by atomic mass is 16.1. The largest absolute Gasteiger partial charge is 0.293 e. The molecule has 2 aliphatic carbocycles. The van der Waals surface area contributed by atoms with Gasteiger partial charge in [-0.1, -0.05) is 49.4 Å². The smallest absolute Gasteiger partial charge is 0.190 e. The maximum absolute atomic E-state index is 12.7. The van der Waals surface area contributed by atoms with Crippen molar-refractivity contribution in [3.8, 4) is 0 Å². The van der Waals surface area contributed by atoms with E-state index in [0.29, 0.717) is 16.7 Å². The Balaban J connectivity index is 2.32. The molecule has 1 aromatic carbocycles. The van der Waals surface area contributed by atoms with Crippen molar-refractivity contribution in [2.24, 2.45) is 11.3 Å². The SMILES string of the molecule is C[C@@H]1C=CC=C2C(=O)c3ccccc3C(=O)[C@@]21C. The molecule has 3 rings (SSSR count). The number of Topliss-reactive ketones (excluding diaryl/α,β-unsaturated/α-hetero) is 2. The van der Waals surface area contributed by atoms with Crippen LogP contribution in [0.15, 0.2) is 48.1 Å². The molecule has 18 heavy (non-hydrogen) atoms. The number of hydrogen-bond acceptors (Lipinski definition) is 2. The first kappa shape index (κ1) is 11.1. The number of carbonyl (C=O) groups is 2. The van der Waals surface area contributed by atoms with Crippen LogP contribution in [0.2, 0.25) is 0 Å². The molecule has 2 atom stereocenters. The summed E-state index contributed by atoms with van der Waals surface area (Å²) in [5, 5.41) is 0. The van der Waals surface area contributed by atoms with Gasteiger partial charge >= 0.3 is 0 Å². The number of ketones is 2. The van der Waals surface area contributed by atoms with E-state index in [-0.39, 0.29) is 17.5 Å². The van der Waals surface area contributed by atoms with Gasteiger partial charge in [-0.2, -0.15) is 0 Å². The number of benzene rings is 1. The van der Waals surface area contributed by atoms with Crippen LogP contribution in [0.1, 0.15) is 34.6 Å². The summed E-state index contributed by atoms with van der Waals surface area (Å²) in [5.74, 6) is 0.0898. The summed E-state index contributed by atoms with van der Waals surface area (Å²) in [6, 6.07) is 7.10. The summed E-state index contributed by atoms with van der Waals surface area (Å²) in [4.78, 5) is 25.2. The topological polar surface area (TPSA) is 34.1 Å². The maximum Gasteiger partial charge on any atom is 0.190 e. The lowest BCUT2D eigenvalue weighted by Crippen LogP contribution is -2.44.